The Morgan fingerprint density at radius 1 is 1.22 bits per heavy atom. The van der Waals surface area contributed by atoms with Crippen molar-refractivity contribution in [2.75, 3.05) is 26.2 Å². The molecular formula is C14H19NO3. The molecule has 0 unspecified atom stereocenters. The van der Waals surface area contributed by atoms with E-state index < -0.39 is 5.97 Å². The Kier molecular flexibility index (Phi) is 4.59. The van der Waals surface area contributed by atoms with E-state index in [1.54, 1.807) is 18.2 Å². The number of benzene rings is 1. The molecule has 0 bridgehead atoms. The molecule has 1 heterocycles. The highest BCUT2D eigenvalue weighted by atomic mass is 16.5. The molecule has 1 N–H and O–H groups in total. The van der Waals surface area contributed by atoms with Gasteiger partial charge in [-0.25, -0.2) is 4.79 Å². The standard InChI is InChI=1S/C14H19NO3/c16-13-7-3-2-6-12(13)14(17)18-11-10-15-8-4-1-5-9-15/h2-3,6-7,16H,1,4-5,8-11H2. The maximum Gasteiger partial charge on any atom is 0.341 e. The van der Waals surface area contributed by atoms with Gasteiger partial charge in [0.05, 0.1) is 0 Å². The minimum atomic E-state index is -0.454. The van der Waals surface area contributed by atoms with Crippen LogP contribution in [0.25, 0.3) is 0 Å². The quantitative estimate of drug-likeness (QED) is 0.830. The van der Waals surface area contributed by atoms with Gasteiger partial charge in [0.25, 0.3) is 0 Å². The monoisotopic (exact) mass is 249 g/mol. The van der Waals surface area contributed by atoms with E-state index in [0.29, 0.717) is 6.61 Å². The lowest BCUT2D eigenvalue weighted by Gasteiger charge is -2.25. The topological polar surface area (TPSA) is 49.8 Å². The van der Waals surface area contributed by atoms with Gasteiger partial charge in [-0.3, -0.25) is 4.90 Å². The molecule has 1 aromatic carbocycles. The first-order valence-electron chi connectivity index (χ1n) is 6.45. The zero-order valence-electron chi connectivity index (χ0n) is 10.5. The Hall–Kier alpha value is -1.55. The Morgan fingerprint density at radius 2 is 1.94 bits per heavy atom. The summed E-state index contributed by atoms with van der Waals surface area (Å²) in [4.78, 5) is 14.0. The van der Waals surface area contributed by atoms with Crippen LogP contribution in [0.2, 0.25) is 0 Å². The van der Waals surface area contributed by atoms with Crippen LogP contribution in [0, 0.1) is 0 Å². The minimum Gasteiger partial charge on any atom is -0.507 e. The first kappa shape index (κ1) is 12.9. The van der Waals surface area contributed by atoms with Gasteiger partial charge in [0.1, 0.15) is 17.9 Å². The Morgan fingerprint density at radius 3 is 2.67 bits per heavy atom. The number of likely N-dealkylation sites (tertiary alicyclic amines) is 1. The molecule has 1 saturated heterocycles. The van der Waals surface area contributed by atoms with Gasteiger partial charge in [-0.05, 0) is 38.1 Å². The van der Waals surface area contributed by atoms with Crippen molar-refractivity contribution in [1.29, 1.82) is 0 Å². The van der Waals surface area contributed by atoms with Crippen molar-refractivity contribution in [2.45, 2.75) is 19.3 Å². The Balaban J connectivity index is 1.76. The molecule has 0 radical (unpaired) electrons. The molecule has 1 fully saturated rings. The fourth-order valence-corrected chi connectivity index (χ4v) is 2.17. The van der Waals surface area contributed by atoms with E-state index in [1.165, 1.54) is 25.3 Å². The van der Waals surface area contributed by atoms with E-state index >= 15 is 0 Å². The summed E-state index contributed by atoms with van der Waals surface area (Å²) in [6.07, 6.45) is 3.76. The highest BCUT2D eigenvalue weighted by Crippen LogP contribution is 2.16. The second-order valence-corrected chi connectivity index (χ2v) is 4.56. The molecule has 1 aliphatic rings. The van der Waals surface area contributed by atoms with Crippen molar-refractivity contribution in [3.05, 3.63) is 29.8 Å². The van der Waals surface area contributed by atoms with E-state index in [1.807, 2.05) is 0 Å². The fraction of sp³-hybridized carbons (Fsp3) is 0.500. The number of carbonyl (C=O) groups is 1. The second kappa shape index (κ2) is 6.40. The average molecular weight is 249 g/mol. The van der Waals surface area contributed by atoms with E-state index in [2.05, 4.69) is 4.90 Å². The molecule has 1 aromatic rings. The van der Waals surface area contributed by atoms with Crippen LogP contribution in [0.1, 0.15) is 29.6 Å². The Labute approximate surface area is 107 Å². The maximum absolute atomic E-state index is 11.7. The van der Waals surface area contributed by atoms with E-state index in [0.717, 1.165) is 19.6 Å². The largest absolute Gasteiger partial charge is 0.507 e. The van der Waals surface area contributed by atoms with Crippen molar-refractivity contribution in [1.82, 2.24) is 4.90 Å². The summed E-state index contributed by atoms with van der Waals surface area (Å²) < 4.78 is 5.17. The average Bonchev–Trinajstić information content (AvgIpc) is 2.40. The number of hydrogen-bond donors (Lipinski definition) is 1. The molecule has 0 saturated carbocycles. The summed E-state index contributed by atoms with van der Waals surface area (Å²) in [5.74, 6) is -0.481. The molecule has 4 heteroatoms. The summed E-state index contributed by atoms with van der Waals surface area (Å²) in [6, 6.07) is 6.45. The van der Waals surface area contributed by atoms with E-state index in [4.69, 9.17) is 4.74 Å². The van der Waals surface area contributed by atoms with Crippen LogP contribution in [0.15, 0.2) is 24.3 Å². The first-order valence-corrected chi connectivity index (χ1v) is 6.45. The third-order valence-electron chi connectivity index (χ3n) is 3.21. The predicted molar refractivity (Wildman–Crippen MR) is 68.7 cm³/mol. The smallest absolute Gasteiger partial charge is 0.341 e. The van der Waals surface area contributed by atoms with Crippen molar-refractivity contribution in [2.24, 2.45) is 0 Å². The highest BCUT2D eigenvalue weighted by molar-refractivity contribution is 5.92. The van der Waals surface area contributed by atoms with Crippen LogP contribution in [0.5, 0.6) is 5.75 Å². The summed E-state index contributed by atoms with van der Waals surface area (Å²) >= 11 is 0. The maximum atomic E-state index is 11.7. The molecule has 0 aliphatic carbocycles. The number of para-hydroxylation sites is 1. The van der Waals surface area contributed by atoms with Gasteiger partial charge in [0.15, 0.2) is 0 Å². The van der Waals surface area contributed by atoms with Crippen LogP contribution in [0.4, 0.5) is 0 Å². The zero-order chi connectivity index (χ0) is 12.8. The van der Waals surface area contributed by atoms with Gasteiger partial charge in [-0.2, -0.15) is 0 Å². The molecule has 0 spiro atoms. The molecule has 18 heavy (non-hydrogen) atoms. The number of piperidine rings is 1. The van der Waals surface area contributed by atoms with Gasteiger partial charge in [-0.15, -0.1) is 0 Å². The van der Waals surface area contributed by atoms with Crippen molar-refractivity contribution in [3.63, 3.8) is 0 Å². The first-order chi connectivity index (χ1) is 8.77. The zero-order valence-corrected chi connectivity index (χ0v) is 10.5. The molecule has 1 aliphatic heterocycles. The predicted octanol–water partition coefficient (Wildman–Crippen LogP) is 2.03. The molecule has 0 amide bonds. The second-order valence-electron chi connectivity index (χ2n) is 4.56. The third kappa shape index (κ3) is 3.47. The summed E-state index contributed by atoms with van der Waals surface area (Å²) in [5, 5.41) is 9.52. The van der Waals surface area contributed by atoms with Gasteiger partial charge in [0, 0.05) is 6.54 Å². The van der Waals surface area contributed by atoms with Crippen LogP contribution in [-0.4, -0.2) is 42.2 Å². The number of phenols is 1. The number of hydrogen-bond acceptors (Lipinski definition) is 4. The number of esters is 1. The van der Waals surface area contributed by atoms with Crippen LogP contribution in [0.3, 0.4) is 0 Å². The highest BCUT2D eigenvalue weighted by Gasteiger charge is 2.13. The van der Waals surface area contributed by atoms with Gasteiger partial charge in [0.2, 0.25) is 0 Å². The molecule has 0 aromatic heterocycles. The van der Waals surface area contributed by atoms with E-state index in [-0.39, 0.29) is 11.3 Å². The lowest BCUT2D eigenvalue weighted by Crippen LogP contribution is -2.33. The molecule has 98 valence electrons. The fourth-order valence-electron chi connectivity index (χ4n) is 2.17. The van der Waals surface area contributed by atoms with Gasteiger partial charge in [-0.1, -0.05) is 18.6 Å². The van der Waals surface area contributed by atoms with Crippen molar-refractivity contribution >= 4 is 5.97 Å². The third-order valence-corrected chi connectivity index (χ3v) is 3.21. The van der Waals surface area contributed by atoms with Gasteiger partial charge >= 0.3 is 5.97 Å². The Bertz CT molecular complexity index is 400. The number of nitrogens with zero attached hydrogens (tertiary/aromatic N) is 1. The molecular weight excluding hydrogens is 230 g/mol. The molecule has 4 nitrogen and oxygen atoms in total. The number of ether oxygens (including phenoxy) is 1. The van der Waals surface area contributed by atoms with Crippen molar-refractivity contribution < 1.29 is 14.6 Å². The summed E-state index contributed by atoms with van der Waals surface area (Å²) in [6.45, 7) is 3.34. The minimum absolute atomic E-state index is 0.0273. The number of rotatable bonds is 4. The summed E-state index contributed by atoms with van der Waals surface area (Å²) in [5.41, 5.74) is 0.233. The van der Waals surface area contributed by atoms with Crippen LogP contribution >= 0.6 is 0 Å². The number of carbonyl (C=O) groups excluding carboxylic acids is 1. The van der Waals surface area contributed by atoms with Crippen LogP contribution in [-0.2, 0) is 4.74 Å². The van der Waals surface area contributed by atoms with E-state index in [9.17, 15) is 9.90 Å². The lowest BCUT2D eigenvalue weighted by atomic mass is 10.1. The van der Waals surface area contributed by atoms with Gasteiger partial charge < -0.3 is 9.84 Å². The van der Waals surface area contributed by atoms with Crippen LogP contribution < -0.4 is 0 Å². The molecule has 0 atom stereocenters. The SMILES string of the molecule is O=C(OCCN1CCCCC1)c1ccccc1O. The normalized spacial score (nSPS) is 16.4. The lowest BCUT2D eigenvalue weighted by molar-refractivity contribution is 0.0449. The summed E-state index contributed by atoms with van der Waals surface area (Å²) in [7, 11) is 0. The van der Waals surface area contributed by atoms with Crippen molar-refractivity contribution in [3.8, 4) is 5.75 Å². The molecule has 2 rings (SSSR count). The number of aromatic hydroxyl groups is 1. The number of phenolic OH excluding ortho intramolecular Hbond substituents is 1.